The summed E-state index contributed by atoms with van der Waals surface area (Å²) in [6, 6.07) is 3.31. The summed E-state index contributed by atoms with van der Waals surface area (Å²) in [4.78, 5) is 17.8. The number of hydrogen-bond donors (Lipinski definition) is 2. The average Bonchev–Trinajstić information content (AvgIpc) is 2.75. The number of anilines is 1. The fourth-order valence-electron chi connectivity index (χ4n) is 2.29. The van der Waals surface area contributed by atoms with Crippen molar-refractivity contribution >= 4 is 22.9 Å². The van der Waals surface area contributed by atoms with Gasteiger partial charge in [-0.1, -0.05) is 6.92 Å². The van der Waals surface area contributed by atoms with E-state index >= 15 is 0 Å². The Morgan fingerprint density at radius 1 is 1.41 bits per heavy atom. The first-order valence-electron chi connectivity index (χ1n) is 7.31. The number of carbonyl (C=O) groups is 1. The zero-order valence-corrected chi connectivity index (χ0v) is 13.3. The predicted molar refractivity (Wildman–Crippen MR) is 87.0 cm³/mol. The van der Waals surface area contributed by atoms with Crippen molar-refractivity contribution in [2.24, 2.45) is 5.73 Å². The summed E-state index contributed by atoms with van der Waals surface area (Å²) < 4.78 is 7.76. The number of nitrogen functional groups attached to an aromatic ring is 1. The molecule has 0 unspecified atom stereocenters. The minimum Gasteiger partial charge on any atom is -0.490 e. The quantitative estimate of drug-likeness (QED) is 0.797. The lowest BCUT2D eigenvalue weighted by atomic mass is 10.1. The molecule has 0 aliphatic carbocycles. The number of imidazole rings is 1. The van der Waals surface area contributed by atoms with E-state index in [-0.39, 0.29) is 0 Å². The Bertz CT molecular complexity index is 678. The number of hydrogen-bond acceptors (Lipinski definition) is 5. The van der Waals surface area contributed by atoms with Crippen LogP contribution in [0.1, 0.15) is 23.7 Å². The minimum atomic E-state index is -0.511. The van der Waals surface area contributed by atoms with E-state index in [0.29, 0.717) is 29.4 Å². The van der Waals surface area contributed by atoms with E-state index in [1.807, 2.05) is 23.6 Å². The second-order valence-electron chi connectivity index (χ2n) is 5.48. The van der Waals surface area contributed by atoms with Crippen molar-refractivity contribution in [2.45, 2.75) is 19.9 Å². The van der Waals surface area contributed by atoms with Gasteiger partial charge in [0.15, 0.2) is 0 Å². The molecular formula is C15H23N5O2. The zero-order chi connectivity index (χ0) is 16.3. The third-order valence-electron chi connectivity index (χ3n) is 3.36. The first kappa shape index (κ1) is 16.1. The Labute approximate surface area is 129 Å². The van der Waals surface area contributed by atoms with Gasteiger partial charge in [0, 0.05) is 18.7 Å². The van der Waals surface area contributed by atoms with Crippen molar-refractivity contribution in [1.29, 1.82) is 0 Å². The normalized spacial score (nSPS) is 11.3. The monoisotopic (exact) mass is 305 g/mol. The molecule has 22 heavy (non-hydrogen) atoms. The van der Waals surface area contributed by atoms with Crippen LogP contribution in [0.3, 0.4) is 0 Å². The highest BCUT2D eigenvalue weighted by Crippen LogP contribution is 2.30. The van der Waals surface area contributed by atoms with Gasteiger partial charge in [-0.2, -0.15) is 0 Å². The molecule has 0 bridgehead atoms. The molecule has 1 aromatic carbocycles. The second-order valence-corrected chi connectivity index (χ2v) is 5.48. The Morgan fingerprint density at radius 2 is 2.14 bits per heavy atom. The first-order chi connectivity index (χ1) is 10.4. The van der Waals surface area contributed by atoms with Crippen LogP contribution in [0.5, 0.6) is 5.75 Å². The maximum atomic E-state index is 11.5. The van der Waals surface area contributed by atoms with E-state index in [2.05, 4.69) is 11.9 Å². The van der Waals surface area contributed by atoms with Gasteiger partial charge in [-0.25, -0.2) is 4.98 Å². The van der Waals surface area contributed by atoms with E-state index in [9.17, 15) is 4.79 Å². The van der Waals surface area contributed by atoms with Crippen LogP contribution in [0.2, 0.25) is 0 Å². The summed E-state index contributed by atoms with van der Waals surface area (Å²) in [6.45, 7) is 4.07. The molecule has 120 valence electrons. The topological polar surface area (TPSA) is 99.4 Å². The molecule has 0 aliphatic rings. The van der Waals surface area contributed by atoms with Crippen molar-refractivity contribution in [3.63, 3.8) is 0 Å². The summed E-state index contributed by atoms with van der Waals surface area (Å²) in [5, 5.41) is 0. The summed E-state index contributed by atoms with van der Waals surface area (Å²) in [6.07, 6.45) is 0.921. The molecular weight excluding hydrogens is 282 g/mol. The van der Waals surface area contributed by atoms with Crippen LogP contribution in [0.15, 0.2) is 12.1 Å². The Morgan fingerprint density at radius 3 is 2.73 bits per heavy atom. The van der Waals surface area contributed by atoms with Gasteiger partial charge in [0.2, 0.25) is 11.9 Å². The minimum absolute atomic E-state index is 0.369. The number of primary amides is 1. The van der Waals surface area contributed by atoms with E-state index in [4.69, 9.17) is 16.2 Å². The van der Waals surface area contributed by atoms with E-state index < -0.39 is 5.91 Å². The lowest BCUT2D eigenvalue weighted by Gasteiger charge is -2.14. The highest BCUT2D eigenvalue weighted by Gasteiger charge is 2.16. The van der Waals surface area contributed by atoms with Crippen molar-refractivity contribution in [1.82, 2.24) is 14.5 Å². The third kappa shape index (κ3) is 3.30. The largest absolute Gasteiger partial charge is 0.490 e. The van der Waals surface area contributed by atoms with Gasteiger partial charge < -0.3 is 25.7 Å². The maximum Gasteiger partial charge on any atom is 0.248 e. The number of benzene rings is 1. The number of fused-ring (bicyclic) bond motifs is 1. The zero-order valence-electron chi connectivity index (χ0n) is 13.3. The molecule has 0 radical (unpaired) electrons. The highest BCUT2D eigenvalue weighted by atomic mass is 16.5. The molecule has 1 heterocycles. The van der Waals surface area contributed by atoms with Crippen LogP contribution >= 0.6 is 0 Å². The number of nitrogens with two attached hydrogens (primary N) is 2. The van der Waals surface area contributed by atoms with Crippen molar-refractivity contribution in [2.75, 3.05) is 33.0 Å². The molecule has 1 aromatic heterocycles. The number of aryl methyl sites for hydroxylation is 1. The molecule has 0 saturated carbocycles. The SMILES string of the molecule is CCCn1c(N)nc2cc(C(N)=O)cc(OCCN(C)C)c21. The van der Waals surface area contributed by atoms with Gasteiger partial charge in [0.1, 0.15) is 17.9 Å². The lowest BCUT2D eigenvalue weighted by Crippen LogP contribution is -2.20. The molecule has 2 rings (SSSR count). The fourth-order valence-corrected chi connectivity index (χ4v) is 2.29. The standard InChI is InChI=1S/C15H23N5O2/c1-4-5-20-13-11(18-15(20)17)8-10(14(16)21)9-12(13)22-7-6-19(2)3/h8-9H,4-7H2,1-3H3,(H2,16,21)(H2,17,18). The van der Waals surface area contributed by atoms with Gasteiger partial charge >= 0.3 is 0 Å². The average molecular weight is 305 g/mol. The second kappa shape index (κ2) is 6.65. The molecule has 0 spiro atoms. The Kier molecular flexibility index (Phi) is 4.87. The van der Waals surface area contributed by atoms with Crippen LogP contribution in [-0.4, -0.2) is 47.6 Å². The van der Waals surface area contributed by atoms with Crippen molar-refractivity contribution < 1.29 is 9.53 Å². The number of amides is 1. The Hall–Kier alpha value is -2.28. The summed E-state index contributed by atoms with van der Waals surface area (Å²) in [7, 11) is 3.94. The molecule has 0 aliphatic heterocycles. The van der Waals surface area contributed by atoms with E-state index in [1.54, 1.807) is 12.1 Å². The molecule has 1 amide bonds. The predicted octanol–water partition coefficient (Wildman–Crippen LogP) is 1.07. The molecule has 2 aromatic rings. The van der Waals surface area contributed by atoms with Crippen LogP contribution in [0.4, 0.5) is 5.95 Å². The van der Waals surface area contributed by atoms with Crippen LogP contribution < -0.4 is 16.2 Å². The van der Waals surface area contributed by atoms with Crippen molar-refractivity contribution in [3.8, 4) is 5.75 Å². The number of ether oxygens (including phenoxy) is 1. The molecule has 7 nitrogen and oxygen atoms in total. The molecule has 0 saturated heterocycles. The molecule has 7 heteroatoms. The Balaban J connectivity index is 2.50. The number of nitrogens with zero attached hydrogens (tertiary/aromatic N) is 3. The number of rotatable bonds is 7. The summed E-state index contributed by atoms with van der Waals surface area (Å²) in [5.41, 5.74) is 13.2. The maximum absolute atomic E-state index is 11.5. The number of carbonyl (C=O) groups excluding carboxylic acids is 1. The molecule has 4 N–H and O–H groups in total. The van der Waals surface area contributed by atoms with Gasteiger partial charge in [-0.3, -0.25) is 4.79 Å². The molecule has 0 atom stereocenters. The molecule has 0 fully saturated rings. The highest BCUT2D eigenvalue weighted by molar-refractivity contribution is 5.98. The van der Waals surface area contributed by atoms with E-state index in [1.165, 1.54) is 0 Å². The van der Waals surface area contributed by atoms with Crippen LogP contribution in [0.25, 0.3) is 11.0 Å². The number of likely N-dealkylation sites (N-methyl/N-ethyl adjacent to an activating group) is 1. The van der Waals surface area contributed by atoms with Gasteiger partial charge in [0.05, 0.1) is 5.52 Å². The summed E-state index contributed by atoms with van der Waals surface area (Å²) in [5.74, 6) is 0.490. The third-order valence-corrected chi connectivity index (χ3v) is 3.36. The van der Waals surface area contributed by atoms with Gasteiger partial charge in [-0.05, 0) is 32.6 Å². The van der Waals surface area contributed by atoms with Crippen LogP contribution in [-0.2, 0) is 6.54 Å². The van der Waals surface area contributed by atoms with E-state index in [0.717, 1.165) is 25.0 Å². The van der Waals surface area contributed by atoms with Gasteiger partial charge in [-0.15, -0.1) is 0 Å². The first-order valence-corrected chi connectivity index (χ1v) is 7.31. The number of aromatic nitrogens is 2. The fraction of sp³-hybridized carbons (Fsp3) is 0.467. The van der Waals surface area contributed by atoms with Crippen molar-refractivity contribution in [3.05, 3.63) is 17.7 Å². The van der Waals surface area contributed by atoms with Gasteiger partial charge in [0.25, 0.3) is 0 Å². The lowest BCUT2D eigenvalue weighted by molar-refractivity contribution is 0.1000. The smallest absolute Gasteiger partial charge is 0.248 e. The van der Waals surface area contributed by atoms with Crippen LogP contribution in [0, 0.1) is 0 Å². The summed E-state index contributed by atoms with van der Waals surface area (Å²) >= 11 is 0.